The minimum absolute atomic E-state index is 0.0997. The fourth-order valence-corrected chi connectivity index (χ4v) is 2.90. The summed E-state index contributed by atoms with van der Waals surface area (Å²) in [5, 5.41) is 3.83. The van der Waals surface area contributed by atoms with Crippen molar-refractivity contribution in [3.8, 4) is 0 Å². The molecule has 0 rings (SSSR count). The van der Waals surface area contributed by atoms with Gasteiger partial charge in [0.25, 0.3) is 0 Å². The molecule has 0 aromatic carbocycles. The normalized spacial score (nSPS) is 14.5. The maximum Gasteiger partial charge on any atom is 0.315 e. The Morgan fingerprint density at radius 2 is 2.06 bits per heavy atom. The highest BCUT2D eigenvalue weighted by molar-refractivity contribution is 8.00. The number of carbonyl (C=O) groups is 1. The number of esters is 1. The highest BCUT2D eigenvalue weighted by atomic mass is 32.2. The predicted molar refractivity (Wildman–Crippen MR) is 70.9 cm³/mol. The molecule has 16 heavy (non-hydrogen) atoms. The minimum Gasteiger partial charge on any atom is -0.465 e. The fraction of sp³-hybridized carbons (Fsp3) is 0.917. The van der Waals surface area contributed by atoms with Gasteiger partial charge < -0.3 is 10.1 Å². The molecule has 3 nitrogen and oxygen atoms in total. The molecule has 0 bridgehead atoms. The SMILES string of the molecule is CCCC(NC)C(CC)SCC(=O)OCC. The lowest BCUT2D eigenvalue weighted by Crippen LogP contribution is -2.35. The maximum atomic E-state index is 11.3. The third-order valence-electron chi connectivity index (χ3n) is 2.54. The number of thioether (sulfide) groups is 1. The van der Waals surface area contributed by atoms with Gasteiger partial charge in [0.2, 0.25) is 0 Å². The maximum absolute atomic E-state index is 11.3. The first-order valence-corrected chi connectivity index (χ1v) is 7.18. The summed E-state index contributed by atoms with van der Waals surface area (Å²) in [6, 6.07) is 0.495. The monoisotopic (exact) mass is 247 g/mol. The smallest absolute Gasteiger partial charge is 0.315 e. The molecule has 0 saturated heterocycles. The van der Waals surface area contributed by atoms with Gasteiger partial charge in [-0.3, -0.25) is 4.79 Å². The molecule has 4 heteroatoms. The van der Waals surface area contributed by atoms with E-state index in [2.05, 4.69) is 19.2 Å². The van der Waals surface area contributed by atoms with Crippen molar-refractivity contribution in [3.05, 3.63) is 0 Å². The van der Waals surface area contributed by atoms with Gasteiger partial charge in [0.1, 0.15) is 0 Å². The predicted octanol–water partition coefficient (Wildman–Crippen LogP) is 2.45. The van der Waals surface area contributed by atoms with E-state index in [0.29, 0.717) is 23.7 Å². The lowest BCUT2D eigenvalue weighted by Gasteiger charge is -2.24. The summed E-state index contributed by atoms with van der Waals surface area (Å²) in [5.41, 5.74) is 0. The van der Waals surface area contributed by atoms with Gasteiger partial charge in [-0.25, -0.2) is 0 Å². The van der Waals surface area contributed by atoms with Crippen LogP contribution in [0.4, 0.5) is 0 Å². The van der Waals surface area contributed by atoms with Gasteiger partial charge >= 0.3 is 5.97 Å². The minimum atomic E-state index is -0.0997. The van der Waals surface area contributed by atoms with E-state index in [1.807, 2.05) is 14.0 Å². The van der Waals surface area contributed by atoms with Crippen LogP contribution < -0.4 is 5.32 Å². The van der Waals surface area contributed by atoms with E-state index in [9.17, 15) is 4.79 Å². The number of carbonyl (C=O) groups excluding carboxylic acids is 1. The summed E-state index contributed by atoms with van der Waals surface area (Å²) in [7, 11) is 1.99. The number of rotatable bonds is 9. The van der Waals surface area contributed by atoms with E-state index in [-0.39, 0.29) is 5.97 Å². The summed E-state index contributed by atoms with van der Waals surface area (Å²) in [6.07, 6.45) is 3.41. The van der Waals surface area contributed by atoms with Crippen LogP contribution in [-0.4, -0.2) is 36.7 Å². The summed E-state index contributed by atoms with van der Waals surface area (Å²) in [4.78, 5) is 11.3. The largest absolute Gasteiger partial charge is 0.465 e. The Hall–Kier alpha value is -0.220. The number of hydrogen-bond acceptors (Lipinski definition) is 4. The third-order valence-corrected chi connectivity index (χ3v) is 4.03. The molecule has 96 valence electrons. The van der Waals surface area contributed by atoms with Gasteiger partial charge in [-0.15, -0.1) is 11.8 Å². The molecule has 0 fully saturated rings. The zero-order valence-electron chi connectivity index (χ0n) is 10.9. The Labute approximate surface area is 104 Å². The molecule has 1 N–H and O–H groups in total. The van der Waals surface area contributed by atoms with Crippen LogP contribution >= 0.6 is 11.8 Å². The van der Waals surface area contributed by atoms with Crippen LogP contribution in [0.25, 0.3) is 0 Å². The zero-order chi connectivity index (χ0) is 12.4. The topological polar surface area (TPSA) is 38.3 Å². The second-order valence-electron chi connectivity index (χ2n) is 3.75. The van der Waals surface area contributed by atoms with E-state index in [1.165, 1.54) is 6.42 Å². The molecule has 0 spiro atoms. The van der Waals surface area contributed by atoms with Gasteiger partial charge in [-0.1, -0.05) is 20.3 Å². The number of nitrogens with one attached hydrogen (secondary N) is 1. The molecule has 2 unspecified atom stereocenters. The lowest BCUT2D eigenvalue weighted by atomic mass is 10.1. The zero-order valence-corrected chi connectivity index (χ0v) is 11.7. The first-order valence-electron chi connectivity index (χ1n) is 6.13. The van der Waals surface area contributed by atoms with Crippen molar-refractivity contribution in [3.63, 3.8) is 0 Å². The van der Waals surface area contributed by atoms with Gasteiger partial charge in [-0.05, 0) is 26.8 Å². The van der Waals surface area contributed by atoms with Crippen molar-refractivity contribution in [2.45, 2.75) is 51.3 Å². The van der Waals surface area contributed by atoms with Crippen molar-refractivity contribution in [1.29, 1.82) is 0 Å². The highest BCUT2D eigenvalue weighted by Crippen LogP contribution is 2.21. The molecular formula is C12H25NO2S. The molecule has 0 aromatic heterocycles. The van der Waals surface area contributed by atoms with E-state index in [0.717, 1.165) is 12.8 Å². The number of ether oxygens (including phenoxy) is 1. The molecule has 0 heterocycles. The van der Waals surface area contributed by atoms with E-state index in [4.69, 9.17) is 4.74 Å². The van der Waals surface area contributed by atoms with Crippen LogP contribution in [0.15, 0.2) is 0 Å². The Morgan fingerprint density at radius 3 is 2.50 bits per heavy atom. The second kappa shape index (κ2) is 9.97. The van der Waals surface area contributed by atoms with Gasteiger partial charge in [0.05, 0.1) is 12.4 Å². The van der Waals surface area contributed by atoms with Crippen LogP contribution in [0.5, 0.6) is 0 Å². The van der Waals surface area contributed by atoms with Crippen molar-refractivity contribution >= 4 is 17.7 Å². The van der Waals surface area contributed by atoms with E-state index in [1.54, 1.807) is 11.8 Å². The molecule has 0 saturated carbocycles. The van der Waals surface area contributed by atoms with Crippen LogP contribution in [0.1, 0.15) is 40.0 Å². The molecular weight excluding hydrogens is 222 g/mol. The van der Waals surface area contributed by atoms with Crippen LogP contribution in [0.3, 0.4) is 0 Å². The molecule has 0 aromatic rings. The second-order valence-corrected chi connectivity index (χ2v) is 4.97. The van der Waals surface area contributed by atoms with Crippen molar-refractivity contribution < 1.29 is 9.53 Å². The Bertz CT molecular complexity index is 188. The molecule has 0 radical (unpaired) electrons. The molecule has 2 atom stereocenters. The Balaban J connectivity index is 4.01. The summed E-state index contributed by atoms with van der Waals surface area (Å²) < 4.78 is 4.93. The van der Waals surface area contributed by atoms with Gasteiger partial charge in [0, 0.05) is 11.3 Å². The Kier molecular flexibility index (Phi) is 9.83. The van der Waals surface area contributed by atoms with E-state index < -0.39 is 0 Å². The van der Waals surface area contributed by atoms with Gasteiger partial charge in [-0.2, -0.15) is 0 Å². The molecule has 0 aliphatic rings. The summed E-state index contributed by atoms with van der Waals surface area (Å²) in [6.45, 7) is 6.67. The first-order chi connectivity index (χ1) is 7.69. The van der Waals surface area contributed by atoms with Crippen molar-refractivity contribution in [2.75, 3.05) is 19.4 Å². The average Bonchev–Trinajstić information content (AvgIpc) is 2.28. The van der Waals surface area contributed by atoms with Crippen LogP contribution in [0, 0.1) is 0 Å². The number of hydrogen-bond donors (Lipinski definition) is 1. The summed E-state index contributed by atoms with van der Waals surface area (Å²) >= 11 is 1.71. The highest BCUT2D eigenvalue weighted by Gasteiger charge is 2.19. The fourth-order valence-electron chi connectivity index (χ4n) is 1.72. The van der Waals surface area contributed by atoms with Crippen LogP contribution in [0.2, 0.25) is 0 Å². The Morgan fingerprint density at radius 1 is 1.38 bits per heavy atom. The standard InChI is InChI=1S/C12H25NO2S/c1-5-8-10(13-4)11(6-2)16-9-12(14)15-7-3/h10-11,13H,5-9H2,1-4H3. The lowest BCUT2D eigenvalue weighted by molar-refractivity contribution is -0.139. The average molecular weight is 247 g/mol. The molecule has 0 aliphatic heterocycles. The molecule has 0 aliphatic carbocycles. The van der Waals surface area contributed by atoms with Crippen molar-refractivity contribution in [1.82, 2.24) is 5.32 Å². The summed E-state index contributed by atoms with van der Waals surface area (Å²) in [5.74, 6) is 0.367. The van der Waals surface area contributed by atoms with Crippen LogP contribution in [-0.2, 0) is 9.53 Å². The first kappa shape index (κ1) is 15.8. The third kappa shape index (κ3) is 6.38. The van der Waals surface area contributed by atoms with E-state index >= 15 is 0 Å². The van der Waals surface area contributed by atoms with Crippen molar-refractivity contribution in [2.24, 2.45) is 0 Å². The van der Waals surface area contributed by atoms with Gasteiger partial charge in [0.15, 0.2) is 0 Å². The quantitative estimate of drug-likeness (QED) is 0.635. The molecule has 0 amide bonds.